The number of hydrogen-bond donors (Lipinski definition) is 1. The first-order valence-electron chi connectivity index (χ1n) is 6.47. The summed E-state index contributed by atoms with van der Waals surface area (Å²) in [6.07, 6.45) is 4.45. The highest BCUT2D eigenvalue weighted by molar-refractivity contribution is 6.03. The molecule has 0 atom stereocenters. The Morgan fingerprint density at radius 1 is 1.29 bits per heavy atom. The highest BCUT2D eigenvalue weighted by Crippen LogP contribution is 2.13. The second-order valence-electron chi connectivity index (χ2n) is 4.71. The lowest BCUT2D eigenvalue weighted by molar-refractivity contribution is 0.102. The highest BCUT2D eigenvalue weighted by atomic mass is 16.3. The number of nitrogens with zero attached hydrogens (tertiary/aromatic N) is 3. The van der Waals surface area contributed by atoms with Gasteiger partial charge in [0.1, 0.15) is 6.26 Å². The average Bonchev–Trinajstić information content (AvgIpc) is 3.09. The average molecular weight is 282 g/mol. The van der Waals surface area contributed by atoms with Gasteiger partial charge in [-0.15, -0.1) is 0 Å². The molecule has 0 spiro atoms. The molecule has 1 amide bonds. The molecule has 1 N–H and O–H groups in total. The Labute approximate surface area is 121 Å². The monoisotopic (exact) mass is 282 g/mol. The van der Waals surface area contributed by atoms with Crippen molar-refractivity contribution < 1.29 is 9.21 Å². The van der Waals surface area contributed by atoms with Crippen LogP contribution in [0.5, 0.6) is 0 Å². The van der Waals surface area contributed by atoms with E-state index in [0.717, 1.165) is 11.4 Å². The van der Waals surface area contributed by atoms with E-state index < -0.39 is 0 Å². The van der Waals surface area contributed by atoms with Gasteiger partial charge in [-0.25, -0.2) is 9.67 Å². The van der Waals surface area contributed by atoms with E-state index in [9.17, 15) is 4.79 Å². The van der Waals surface area contributed by atoms with Crippen LogP contribution in [0.15, 0.2) is 47.4 Å². The van der Waals surface area contributed by atoms with Crippen LogP contribution in [0, 0.1) is 13.8 Å². The maximum Gasteiger partial charge on any atom is 0.258 e. The standard InChI is InChI=1S/C15H14N4O2/c1-10-7-11(2)19(18-10)14-4-3-13(8-16-14)17-15(20)12-5-6-21-9-12/h3-9H,1-2H3,(H,17,20). The fraction of sp³-hybridized carbons (Fsp3) is 0.133. The summed E-state index contributed by atoms with van der Waals surface area (Å²) in [6.45, 7) is 3.90. The molecule has 3 aromatic rings. The summed E-state index contributed by atoms with van der Waals surface area (Å²) in [7, 11) is 0. The van der Waals surface area contributed by atoms with Crippen LogP contribution in [0.25, 0.3) is 5.82 Å². The summed E-state index contributed by atoms with van der Waals surface area (Å²) in [4.78, 5) is 16.2. The summed E-state index contributed by atoms with van der Waals surface area (Å²) in [5.74, 6) is 0.478. The highest BCUT2D eigenvalue weighted by Gasteiger charge is 2.08. The molecule has 0 aromatic carbocycles. The fourth-order valence-electron chi connectivity index (χ4n) is 2.04. The lowest BCUT2D eigenvalue weighted by Gasteiger charge is -2.06. The van der Waals surface area contributed by atoms with Crippen LogP contribution in [-0.2, 0) is 0 Å². The smallest absolute Gasteiger partial charge is 0.258 e. The third kappa shape index (κ3) is 2.69. The van der Waals surface area contributed by atoms with Gasteiger partial charge < -0.3 is 9.73 Å². The first-order chi connectivity index (χ1) is 10.1. The molecule has 6 nitrogen and oxygen atoms in total. The maximum atomic E-state index is 11.9. The number of anilines is 1. The van der Waals surface area contributed by atoms with Gasteiger partial charge in [-0.2, -0.15) is 5.10 Å². The van der Waals surface area contributed by atoms with Crippen molar-refractivity contribution in [2.45, 2.75) is 13.8 Å². The summed E-state index contributed by atoms with van der Waals surface area (Å²) < 4.78 is 6.64. The van der Waals surface area contributed by atoms with Crippen LogP contribution in [0.2, 0.25) is 0 Å². The van der Waals surface area contributed by atoms with Gasteiger partial charge in [0.15, 0.2) is 5.82 Å². The lowest BCUT2D eigenvalue weighted by atomic mass is 10.3. The number of carbonyl (C=O) groups excluding carboxylic acids is 1. The Balaban J connectivity index is 1.78. The van der Waals surface area contributed by atoms with Crippen LogP contribution >= 0.6 is 0 Å². The first-order valence-corrected chi connectivity index (χ1v) is 6.47. The zero-order valence-corrected chi connectivity index (χ0v) is 11.7. The predicted octanol–water partition coefficient (Wildman–Crippen LogP) is 2.73. The summed E-state index contributed by atoms with van der Waals surface area (Å²) >= 11 is 0. The van der Waals surface area contributed by atoms with E-state index in [-0.39, 0.29) is 5.91 Å². The van der Waals surface area contributed by atoms with Crippen LogP contribution in [0.1, 0.15) is 21.7 Å². The Kier molecular flexibility index (Phi) is 3.27. The number of hydrogen-bond acceptors (Lipinski definition) is 4. The number of rotatable bonds is 3. The van der Waals surface area contributed by atoms with E-state index in [4.69, 9.17) is 4.42 Å². The molecule has 0 bridgehead atoms. The van der Waals surface area contributed by atoms with E-state index in [1.165, 1.54) is 12.5 Å². The Hall–Kier alpha value is -2.89. The predicted molar refractivity (Wildman–Crippen MR) is 77.5 cm³/mol. The van der Waals surface area contributed by atoms with Crippen LogP contribution in [-0.4, -0.2) is 20.7 Å². The van der Waals surface area contributed by atoms with Crippen molar-refractivity contribution in [1.82, 2.24) is 14.8 Å². The summed E-state index contributed by atoms with van der Waals surface area (Å²) in [5.41, 5.74) is 3.03. The van der Waals surface area contributed by atoms with Crippen molar-refractivity contribution in [2.24, 2.45) is 0 Å². The number of aryl methyl sites for hydroxylation is 2. The van der Waals surface area contributed by atoms with E-state index in [1.54, 1.807) is 23.0 Å². The molecule has 21 heavy (non-hydrogen) atoms. The van der Waals surface area contributed by atoms with E-state index >= 15 is 0 Å². The van der Waals surface area contributed by atoms with Crippen molar-refractivity contribution in [3.05, 3.63) is 59.9 Å². The molecule has 106 valence electrons. The van der Waals surface area contributed by atoms with Crippen molar-refractivity contribution >= 4 is 11.6 Å². The number of pyridine rings is 1. The van der Waals surface area contributed by atoms with Gasteiger partial charge in [-0.1, -0.05) is 0 Å². The third-order valence-electron chi connectivity index (χ3n) is 3.02. The molecule has 3 heterocycles. The van der Waals surface area contributed by atoms with Crippen LogP contribution in [0.3, 0.4) is 0 Å². The van der Waals surface area contributed by atoms with Crippen molar-refractivity contribution in [1.29, 1.82) is 0 Å². The van der Waals surface area contributed by atoms with E-state index in [0.29, 0.717) is 17.1 Å². The fourth-order valence-corrected chi connectivity index (χ4v) is 2.04. The molecular formula is C15H14N4O2. The third-order valence-corrected chi connectivity index (χ3v) is 3.02. The van der Waals surface area contributed by atoms with Crippen molar-refractivity contribution in [2.75, 3.05) is 5.32 Å². The molecule has 0 aliphatic carbocycles. The second-order valence-corrected chi connectivity index (χ2v) is 4.71. The molecule has 3 aromatic heterocycles. The number of amides is 1. The van der Waals surface area contributed by atoms with Crippen molar-refractivity contribution in [3.63, 3.8) is 0 Å². The van der Waals surface area contributed by atoms with Gasteiger partial charge in [0.05, 0.1) is 29.4 Å². The summed E-state index contributed by atoms with van der Waals surface area (Å²) in [5, 5.41) is 7.12. The largest absolute Gasteiger partial charge is 0.472 e. The van der Waals surface area contributed by atoms with Gasteiger partial charge in [-0.3, -0.25) is 4.79 Å². The minimum atomic E-state index is -0.232. The molecule has 0 aliphatic rings. The van der Waals surface area contributed by atoms with Gasteiger partial charge in [0, 0.05) is 5.69 Å². The molecule has 0 radical (unpaired) electrons. The molecule has 0 saturated heterocycles. The number of furan rings is 1. The minimum absolute atomic E-state index is 0.232. The molecule has 3 rings (SSSR count). The van der Waals surface area contributed by atoms with Crippen LogP contribution in [0.4, 0.5) is 5.69 Å². The molecule has 0 aliphatic heterocycles. The molecule has 6 heteroatoms. The lowest BCUT2D eigenvalue weighted by Crippen LogP contribution is -2.11. The van der Waals surface area contributed by atoms with Gasteiger partial charge in [0.25, 0.3) is 5.91 Å². The minimum Gasteiger partial charge on any atom is -0.472 e. The molecule has 0 fully saturated rings. The van der Waals surface area contributed by atoms with E-state index in [2.05, 4.69) is 15.4 Å². The zero-order chi connectivity index (χ0) is 14.8. The molecule has 0 unspecified atom stereocenters. The quantitative estimate of drug-likeness (QED) is 0.801. The maximum absolute atomic E-state index is 11.9. The van der Waals surface area contributed by atoms with Gasteiger partial charge >= 0.3 is 0 Å². The van der Waals surface area contributed by atoms with Crippen LogP contribution < -0.4 is 5.32 Å². The summed E-state index contributed by atoms with van der Waals surface area (Å²) in [6, 6.07) is 7.18. The molecular weight excluding hydrogens is 268 g/mol. The Morgan fingerprint density at radius 3 is 2.71 bits per heavy atom. The van der Waals surface area contributed by atoms with E-state index in [1.807, 2.05) is 26.0 Å². The Morgan fingerprint density at radius 2 is 2.14 bits per heavy atom. The number of aromatic nitrogens is 3. The topological polar surface area (TPSA) is 73.0 Å². The molecule has 0 saturated carbocycles. The first kappa shape index (κ1) is 13.1. The number of nitrogens with one attached hydrogen (secondary N) is 1. The number of carbonyl (C=O) groups is 1. The van der Waals surface area contributed by atoms with Gasteiger partial charge in [-0.05, 0) is 38.1 Å². The normalized spacial score (nSPS) is 10.6. The van der Waals surface area contributed by atoms with Crippen molar-refractivity contribution in [3.8, 4) is 5.82 Å². The second kappa shape index (κ2) is 5.24. The Bertz CT molecular complexity index is 758. The zero-order valence-electron chi connectivity index (χ0n) is 11.7. The SMILES string of the molecule is Cc1cc(C)n(-c2ccc(NC(=O)c3ccoc3)cn2)n1. The van der Waals surface area contributed by atoms with Gasteiger partial charge in [0.2, 0.25) is 0 Å².